The third-order valence-corrected chi connectivity index (χ3v) is 3.29. The van der Waals surface area contributed by atoms with Crippen molar-refractivity contribution in [3.05, 3.63) is 0 Å². The lowest BCUT2D eigenvalue weighted by atomic mass is 10.1. The predicted molar refractivity (Wildman–Crippen MR) is 79.3 cm³/mol. The maximum absolute atomic E-state index is 11.7. The van der Waals surface area contributed by atoms with E-state index >= 15 is 0 Å². The first-order valence-corrected chi connectivity index (χ1v) is 7.11. The van der Waals surface area contributed by atoms with Crippen molar-refractivity contribution in [3.8, 4) is 0 Å². The molecule has 0 N–H and O–H groups in total. The number of carbonyl (C=O) groups is 3. The van der Waals surface area contributed by atoms with Gasteiger partial charge in [-0.1, -0.05) is 6.92 Å². The largest absolute Gasteiger partial charge is 0.468 e. The molecule has 1 saturated heterocycles. The average Bonchev–Trinajstić information content (AvgIpc) is 2.80. The molecule has 1 aliphatic rings. The van der Waals surface area contributed by atoms with Crippen LogP contribution < -0.4 is 0 Å². The molecule has 0 aromatic heterocycles. The molecular formula is C14H26N2O6. The summed E-state index contributed by atoms with van der Waals surface area (Å²) in [5, 5.41) is 0. The minimum atomic E-state index is -0.480. The lowest BCUT2D eigenvalue weighted by molar-refractivity contribution is -0.148. The van der Waals surface area contributed by atoms with Crippen LogP contribution in [0.5, 0.6) is 0 Å². The minimum absolute atomic E-state index is 0.211. The van der Waals surface area contributed by atoms with Gasteiger partial charge in [0.15, 0.2) is 0 Å². The number of carbonyl (C=O) groups excluding carboxylic acids is 3. The molecule has 22 heavy (non-hydrogen) atoms. The van der Waals surface area contributed by atoms with Crippen molar-refractivity contribution in [2.75, 3.05) is 41.0 Å². The number of methoxy groups -OCH3 is 1. The zero-order chi connectivity index (χ0) is 17.3. The van der Waals surface area contributed by atoms with E-state index in [0.717, 1.165) is 0 Å². The fourth-order valence-corrected chi connectivity index (χ4v) is 1.96. The Bertz CT molecular complexity index is 388. The zero-order valence-electron chi connectivity index (χ0n) is 14.1. The lowest BCUT2D eigenvalue weighted by Crippen LogP contribution is -2.53. The van der Waals surface area contributed by atoms with E-state index in [0.29, 0.717) is 13.2 Å². The van der Waals surface area contributed by atoms with Crippen molar-refractivity contribution < 1.29 is 28.6 Å². The summed E-state index contributed by atoms with van der Waals surface area (Å²) < 4.78 is 14.1. The monoisotopic (exact) mass is 318 g/mol. The van der Waals surface area contributed by atoms with Gasteiger partial charge in [-0.15, -0.1) is 0 Å². The third-order valence-electron chi connectivity index (χ3n) is 3.29. The van der Waals surface area contributed by atoms with E-state index in [1.165, 1.54) is 18.9 Å². The van der Waals surface area contributed by atoms with E-state index in [2.05, 4.69) is 4.74 Å². The van der Waals surface area contributed by atoms with Crippen LogP contribution in [0.25, 0.3) is 0 Å². The van der Waals surface area contributed by atoms with Gasteiger partial charge in [0.25, 0.3) is 0 Å². The summed E-state index contributed by atoms with van der Waals surface area (Å²) in [5.74, 6) is -0.558. The summed E-state index contributed by atoms with van der Waals surface area (Å²) in [6.45, 7) is 6.51. The van der Waals surface area contributed by atoms with E-state index in [1.807, 2.05) is 18.9 Å². The van der Waals surface area contributed by atoms with Gasteiger partial charge >= 0.3 is 18.0 Å². The number of hydrogen-bond acceptors (Lipinski definition) is 7. The van der Waals surface area contributed by atoms with Crippen LogP contribution in [0.2, 0.25) is 0 Å². The first-order valence-electron chi connectivity index (χ1n) is 7.11. The van der Waals surface area contributed by atoms with Gasteiger partial charge in [-0.3, -0.25) is 14.5 Å². The molecule has 0 aliphatic carbocycles. The molecular weight excluding hydrogens is 292 g/mol. The molecule has 0 saturated carbocycles. The second-order valence-corrected chi connectivity index (χ2v) is 4.72. The van der Waals surface area contributed by atoms with Gasteiger partial charge in [-0.25, -0.2) is 4.79 Å². The fourth-order valence-electron chi connectivity index (χ4n) is 1.96. The number of cyclic esters (lactones) is 1. The summed E-state index contributed by atoms with van der Waals surface area (Å²) in [6, 6.07) is -0.767. The van der Waals surface area contributed by atoms with Crippen LogP contribution in [0.3, 0.4) is 0 Å². The van der Waals surface area contributed by atoms with Crippen LogP contribution in [-0.2, 0) is 23.8 Å². The van der Waals surface area contributed by atoms with Crippen LogP contribution in [0.15, 0.2) is 0 Å². The third kappa shape index (κ3) is 5.88. The molecule has 0 unspecified atom stereocenters. The summed E-state index contributed by atoms with van der Waals surface area (Å²) >= 11 is 0. The van der Waals surface area contributed by atoms with Crippen LogP contribution in [0.4, 0.5) is 4.79 Å². The normalized spacial score (nSPS) is 18.2. The van der Waals surface area contributed by atoms with Crippen LogP contribution >= 0.6 is 0 Å². The Balaban J connectivity index is 0.000000626. The second kappa shape index (κ2) is 9.99. The summed E-state index contributed by atoms with van der Waals surface area (Å²) in [7, 11) is 4.79. The molecule has 0 aromatic carbocycles. The van der Waals surface area contributed by atoms with Gasteiger partial charge in [0.2, 0.25) is 0 Å². The highest BCUT2D eigenvalue weighted by molar-refractivity contribution is 5.79. The number of nitrogens with zero attached hydrogens (tertiary/aromatic N) is 2. The zero-order valence-corrected chi connectivity index (χ0v) is 14.1. The lowest BCUT2D eigenvalue weighted by Gasteiger charge is -2.31. The number of hydrogen-bond donors (Lipinski definition) is 0. The van der Waals surface area contributed by atoms with Gasteiger partial charge in [0, 0.05) is 14.0 Å². The number of rotatable bonds is 5. The SMILES string of the molecule is CCN(C)[C@@H](C(=O)OC)[C@@H]1COC(=O)N1C.CCOC(C)=O. The van der Waals surface area contributed by atoms with Crippen molar-refractivity contribution in [1.29, 1.82) is 0 Å². The Kier molecular flexibility index (Phi) is 9.16. The fraction of sp³-hybridized carbons (Fsp3) is 0.786. The highest BCUT2D eigenvalue weighted by Crippen LogP contribution is 2.17. The Morgan fingerprint density at radius 1 is 1.45 bits per heavy atom. The smallest absolute Gasteiger partial charge is 0.410 e. The Morgan fingerprint density at radius 3 is 2.32 bits per heavy atom. The summed E-state index contributed by atoms with van der Waals surface area (Å²) in [5.41, 5.74) is 0. The molecule has 8 nitrogen and oxygen atoms in total. The Morgan fingerprint density at radius 2 is 2.05 bits per heavy atom. The molecule has 0 aromatic rings. The number of amides is 1. The van der Waals surface area contributed by atoms with Gasteiger partial charge in [0.1, 0.15) is 12.6 Å². The number of ether oxygens (including phenoxy) is 3. The maximum Gasteiger partial charge on any atom is 0.410 e. The van der Waals surface area contributed by atoms with E-state index in [4.69, 9.17) is 9.47 Å². The number of esters is 2. The molecule has 2 atom stereocenters. The average molecular weight is 318 g/mol. The van der Waals surface area contributed by atoms with Crippen molar-refractivity contribution in [1.82, 2.24) is 9.80 Å². The van der Waals surface area contributed by atoms with Gasteiger partial charge in [0.05, 0.1) is 19.8 Å². The van der Waals surface area contributed by atoms with E-state index in [9.17, 15) is 14.4 Å². The van der Waals surface area contributed by atoms with Gasteiger partial charge in [-0.2, -0.15) is 0 Å². The summed E-state index contributed by atoms with van der Waals surface area (Å²) in [4.78, 5) is 36.0. The molecule has 1 amide bonds. The van der Waals surface area contributed by atoms with Crippen LogP contribution in [-0.4, -0.2) is 80.9 Å². The molecule has 128 valence electrons. The van der Waals surface area contributed by atoms with Gasteiger partial charge in [-0.05, 0) is 20.5 Å². The van der Waals surface area contributed by atoms with Crippen LogP contribution in [0, 0.1) is 0 Å². The van der Waals surface area contributed by atoms with E-state index < -0.39 is 12.1 Å². The number of likely N-dealkylation sites (N-methyl/N-ethyl adjacent to an activating group) is 2. The molecule has 0 bridgehead atoms. The topological polar surface area (TPSA) is 85.4 Å². The molecule has 1 heterocycles. The van der Waals surface area contributed by atoms with Crippen molar-refractivity contribution in [3.63, 3.8) is 0 Å². The Hall–Kier alpha value is -1.83. The first kappa shape index (κ1) is 20.2. The van der Waals surface area contributed by atoms with Gasteiger partial charge < -0.3 is 19.1 Å². The molecule has 0 spiro atoms. The Labute approximate surface area is 131 Å². The highest BCUT2D eigenvalue weighted by Gasteiger charge is 2.41. The van der Waals surface area contributed by atoms with Crippen LogP contribution in [0.1, 0.15) is 20.8 Å². The minimum Gasteiger partial charge on any atom is -0.468 e. The summed E-state index contributed by atoms with van der Waals surface area (Å²) in [6.07, 6.45) is -0.400. The van der Waals surface area contributed by atoms with E-state index in [-0.39, 0.29) is 24.6 Å². The predicted octanol–water partition coefficient (Wildman–Crippen LogP) is 0.500. The standard InChI is InChI=1S/C10H18N2O4.C4H8O2/c1-5-11(2)8(9(13)15-4)7-6-16-10(14)12(7)3;1-3-6-4(2)5/h7-8H,5-6H2,1-4H3;3H2,1-2H3/t7-,8+;/m0./s1. The molecule has 0 radical (unpaired) electrons. The maximum atomic E-state index is 11.7. The second-order valence-electron chi connectivity index (χ2n) is 4.72. The van der Waals surface area contributed by atoms with Crippen molar-refractivity contribution in [2.45, 2.75) is 32.9 Å². The van der Waals surface area contributed by atoms with Crippen molar-refractivity contribution in [2.24, 2.45) is 0 Å². The van der Waals surface area contributed by atoms with Crippen molar-refractivity contribution >= 4 is 18.0 Å². The highest BCUT2D eigenvalue weighted by atomic mass is 16.6. The molecule has 1 aliphatic heterocycles. The molecule has 1 rings (SSSR count). The first-order chi connectivity index (χ1) is 10.3. The van der Waals surface area contributed by atoms with E-state index in [1.54, 1.807) is 14.0 Å². The molecule has 1 fully saturated rings. The molecule has 8 heteroatoms. The quantitative estimate of drug-likeness (QED) is 0.539.